The topological polar surface area (TPSA) is 110 Å². The molecule has 2 atom stereocenters. The number of carbonyl (C=O) groups is 2. The van der Waals surface area contributed by atoms with Gasteiger partial charge in [-0.15, -0.1) is 23.2 Å². The van der Waals surface area contributed by atoms with Gasteiger partial charge in [-0.1, -0.05) is 48.5 Å². The van der Waals surface area contributed by atoms with E-state index in [1.54, 1.807) is 33.7 Å². The van der Waals surface area contributed by atoms with Gasteiger partial charge in [0, 0.05) is 78.0 Å². The number of aromatic nitrogens is 2. The molecule has 8 nitrogen and oxygen atoms in total. The fourth-order valence-electron chi connectivity index (χ4n) is 6.85. The van der Waals surface area contributed by atoms with Crippen molar-refractivity contribution in [3.05, 3.63) is 101 Å². The summed E-state index contributed by atoms with van der Waals surface area (Å²) in [7, 11) is 1.79. The molecule has 1 aromatic heterocycles. The molecule has 4 aromatic carbocycles. The van der Waals surface area contributed by atoms with Crippen molar-refractivity contribution in [2.75, 3.05) is 46.1 Å². The largest absolute Gasteiger partial charge is 0.398 e. The summed E-state index contributed by atoms with van der Waals surface area (Å²) < 4.78 is 1.67. The lowest BCUT2D eigenvalue weighted by Gasteiger charge is -2.16. The molecule has 2 amide bonds. The molecule has 5 aromatic rings. The number of halogens is 2. The molecule has 46 heavy (non-hydrogen) atoms. The van der Waals surface area contributed by atoms with Crippen molar-refractivity contribution in [1.29, 1.82) is 0 Å². The minimum absolute atomic E-state index is 0.00101. The third-order valence-electron chi connectivity index (χ3n) is 9.03. The van der Waals surface area contributed by atoms with E-state index in [1.165, 1.54) is 12.2 Å². The Morgan fingerprint density at radius 3 is 1.70 bits per heavy atom. The third-order valence-corrected chi connectivity index (χ3v) is 9.77. The van der Waals surface area contributed by atoms with E-state index in [-0.39, 0.29) is 23.7 Å². The molecule has 0 bridgehead atoms. The van der Waals surface area contributed by atoms with Crippen molar-refractivity contribution >= 4 is 91.5 Å². The average molecular weight is 652 g/mol. The van der Waals surface area contributed by atoms with Crippen molar-refractivity contribution in [2.45, 2.75) is 11.8 Å². The van der Waals surface area contributed by atoms with Crippen LogP contribution < -0.4 is 21.3 Å². The maximum Gasteiger partial charge on any atom is 0.251 e. The number of hydrogen-bond donors (Lipinski definition) is 2. The molecule has 0 saturated carbocycles. The molecule has 0 saturated heterocycles. The van der Waals surface area contributed by atoms with Gasteiger partial charge >= 0.3 is 0 Å². The second-order valence-corrected chi connectivity index (χ2v) is 12.4. The SMILES string of the molecule is Cn1nc(C=CC(=O)N2CC(CCl)c3c2cc(N)c2ccccc32)cc1C=CC(=O)N1CC(CCl)c2c1cc(N)c1ccccc21. The molecule has 0 fully saturated rings. The molecule has 10 heteroatoms. The summed E-state index contributed by atoms with van der Waals surface area (Å²) in [6, 6.07) is 21.4. The first-order valence-electron chi connectivity index (χ1n) is 15.1. The number of hydrogen-bond acceptors (Lipinski definition) is 5. The lowest BCUT2D eigenvalue weighted by molar-refractivity contribution is -0.114. The molecule has 232 valence electrons. The van der Waals surface area contributed by atoms with Gasteiger partial charge in [0.05, 0.1) is 22.8 Å². The van der Waals surface area contributed by atoms with Crippen LogP contribution in [0.3, 0.4) is 0 Å². The van der Waals surface area contributed by atoms with E-state index in [4.69, 9.17) is 34.7 Å². The smallest absolute Gasteiger partial charge is 0.251 e. The standard InChI is InChI=1S/C36H32Cl2N6O2/c1-42-24(11-13-34(46)44-20-22(18-38)36-28-9-5-3-7-26(28)30(40)16-32(36)44)14-23(41-42)10-12-33(45)43-19-21(17-37)35-27-8-4-2-6-25(27)29(39)15-31(35)43/h2-16,21-22H,17-20,39-40H2,1H3. The summed E-state index contributed by atoms with van der Waals surface area (Å²) in [4.78, 5) is 30.4. The normalized spacial score (nSPS) is 17.5. The summed E-state index contributed by atoms with van der Waals surface area (Å²) in [5, 5.41) is 8.49. The molecule has 2 aliphatic heterocycles. The van der Waals surface area contributed by atoms with Gasteiger partial charge in [0.15, 0.2) is 0 Å². The van der Waals surface area contributed by atoms with Crippen LogP contribution in [0, 0.1) is 0 Å². The summed E-state index contributed by atoms with van der Waals surface area (Å²) >= 11 is 12.7. The number of nitrogen functional groups attached to an aromatic ring is 2. The van der Waals surface area contributed by atoms with Crippen LogP contribution in [0.4, 0.5) is 22.7 Å². The molecular formula is C36H32Cl2N6O2. The third kappa shape index (κ3) is 4.98. The summed E-state index contributed by atoms with van der Waals surface area (Å²) in [6.07, 6.45) is 6.44. The second-order valence-electron chi connectivity index (χ2n) is 11.8. The van der Waals surface area contributed by atoms with Crippen LogP contribution in [0.2, 0.25) is 0 Å². The van der Waals surface area contributed by atoms with Crippen LogP contribution in [-0.2, 0) is 16.6 Å². The number of alkyl halides is 2. The first-order valence-corrected chi connectivity index (χ1v) is 16.1. The predicted octanol–water partition coefficient (Wildman–Crippen LogP) is 6.66. The van der Waals surface area contributed by atoms with E-state index in [0.29, 0.717) is 47.6 Å². The molecule has 0 radical (unpaired) electrons. The average Bonchev–Trinajstić information content (AvgIpc) is 3.75. The summed E-state index contributed by atoms with van der Waals surface area (Å²) in [5.74, 6) is 0.427. The molecular weight excluding hydrogens is 619 g/mol. The van der Waals surface area contributed by atoms with E-state index in [1.807, 2.05) is 66.7 Å². The minimum atomic E-state index is -0.185. The van der Waals surface area contributed by atoms with Crippen LogP contribution in [0.25, 0.3) is 33.7 Å². The van der Waals surface area contributed by atoms with Gasteiger partial charge in [0.2, 0.25) is 0 Å². The number of anilines is 4. The van der Waals surface area contributed by atoms with Gasteiger partial charge in [0.25, 0.3) is 11.8 Å². The zero-order chi connectivity index (χ0) is 32.1. The maximum atomic E-state index is 13.5. The van der Waals surface area contributed by atoms with Crippen LogP contribution in [0.1, 0.15) is 34.4 Å². The van der Waals surface area contributed by atoms with Gasteiger partial charge in [-0.2, -0.15) is 5.10 Å². The Labute approximate surface area is 276 Å². The highest BCUT2D eigenvalue weighted by Crippen LogP contribution is 2.45. The number of amides is 2. The Morgan fingerprint density at radius 1 is 0.761 bits per heavy atom. The van der Waals surface area contributed by atoms with Gasteiger partial charge < -0.3 is 21.3 Å². The Bertz CT molecular complexity index is 2100. The number of rotatable bonds is 6. The molecule has 4 N–H and O–H groups in total. The highest BCUT2D eigenvalue weighted by molar-refractivity contribution is 6.20. The van der Waals surface area contributed by atoms with Crippen molar-refractivity contribution < 1.29 is 9.59 Å². The van der Waals surface area contributed by atoms with Crippen molar-refractivity contribution in [3.63, 3.8) is 0 Å². The zero-order valence-electron chi connectivity index (χ0n) is 25.2. The number of aryl methyl sites for hydroxylation is 1. The Balaban J connectivity index is 1.10. The first-order chi connectivity index (χ1) is 22.3. The van der Waals surface area contributed by atoms with E-state index in [9.17, 15) is 9.59 Å². The molecule has 3 heterocycles. The van der Waals surface area contributed by atoms with Crippen LogP contribution in [0.15, 0.2) is 78.9 Å². The molecule has 2 aliphatic rings. The lowest BCUT2D eigenvalue weighted by Crippen LogP contribution is -2.28. The van der Waals surface area contributed by atoms with Gasteiger partial charge in [-0.25, -0.2) is 0 Å². The monoisotopic (exact) mass is 650 g/mol. The number of benzene rings is 4. The van der Waals surface area contributed by atoms with E-state index < -0.39 is 0 Å². The first kappa shape index (κ1) is 29.9. The van der Waals surface area contributed by atoms with E-state index >= 15 is 0 Å². The zero-order valence-corrected chi connectivity index (χ0v) is 26.7. The Kier molecular flexibility index (Phi) is 7.71. The highest BCUT2D eigenvalue weighted by Gasteiger charge is 2.34. The molecule has 0 aliphatic carbocycles. The number of nitrogens with two attached hydrogens (primary N) is 2. The molecule has 0 spiro atoms. The predicted molar refractivity (Wildman–Crippen MR) is 190 cm³/mol. The van der Waals surface area contributed by atoms with Gasteiger partial charge in [-0.3, -0.25) is 14.3 Å². The van der Waals surface area contributed by atoms with Crippen LogP contribution in [0.5, 0.6) is 0 Å². The number of fused-ring (bicyclic) bond motifs is 6. The maximum absolute atomic E-state index is 13.5. The van der Waals surface area contributed by atoms with Crippen LogP contribution >= 0.6 is 23.2 Å². The number of carbonyl (C=O) groups excluding carboxylic acids is 2. The minimum Gasteiger partial charge on any atom is -0.398 e. The van der Waals surface area contributed by atoms with Crippen LogP contribution in [-0.4, -0.2) is 46.4 Å². The van der Waals surface area contributed by atoms with Gasteiger partial charge in [-0.05, 0) is 52.3 Å². The Morgan fingerprint density at radius 2 is 1.22 bits per heavy atom. The molecule has 7 rings (SSSR count). The number of nitrogens with zero attached hydrogens (tertiary/aromatic N) is 4. The van der Waals surface area contributed by atoms with Crippen molar-refractivity contribution in [3.8, 4) is 0 Å². The van der Waals surface area contributed by atoms with E-state index in [2.05, 4.69) is 5.10 Å². The van der Waals surface area contributed by atoms with Crippen molar-refractivity contribution in [1.82, 2.24) is 9.78 Å². The fraction of sp³-hybridized carbons (Fsp3) is 0.194. The summed E-state index contributed by atoms with van der Waals surface area (Å²) in [5.41, 5.74) is 19.0. The summed E-state index contributed by atoms with van der Waals surface area (Å²) in [6.45, 7) is 0.946. The molecule has 2 unspecified atom stereocenters. The highest BCUT2D eigenvalue weighted by atomic mass is 35.5. The second kappa shape index (κ2) is 11.9. The van der Waals surface area contributed by atoms with Crippen molar-refractivity contribution in [2.24, 2.45) is 7.05 Å². The van der Waals surface area contributed by atoms with E-state index in [0.717, 1.165) is 44.0 Å². The fourth-order valence-corrected chi connectivity index (χ4v) is 7.35. The van der Waals surface area contributed by atoms with Gasteiger partial charge in [0.1, 0.15) is 0 Å². The quantitative estimate of drug-likeness (QED) is 0.121. The lowest BCUT2D eigenvalue weighted by atomic mass is 9.95. The Hall–Kier alpha value is -4.79.